The third-order valence-electron chi connectivity index (χ3n) is 5.92. The number of hydrazone groups is 1. The summed E-state index contributed by atoms with van der Waals surface area (Å²) in [5, 5.41) is 28.6. The van der Waals surface area contributed by atoms with Gasteiger partial charge in [0.25, 0.3) is 5.69 Å². The van der Waals surface area contributed by atoms with Crippen molar-refractivity contribution in [2.75, 3.05) is 9.91 Å². The van der Waals surface area contributed by atoms with Gasteiger partial charge < -0.3 is 0 Å². The van der Waals surface area contributed by atoms with Crippen LogP contribution in [-0.4, -0.2) is 32.8 Å². The second kappa shape index (κ2) is 8.41. The molecule has 35 heavy (non-hydrogen) atoms. The van der Waals surface area contributed by atoms with Crippen molar-refractivity contribution in [2.45, 2.75) is 19.0 Å². The number of nitro benzene ring substituents is 1. The molecule has 172 valence electrons. The average molecular weight is 482 g/mol. The standard InChI is InChI=1S/C25H19N7O2S/c1-16-27-28-25(35-16)30-23(17-9-4-2-5-10-17)26-21-22(18-11-8-14-20(15-18)32(33)34)31(29-24(21)30)19-12-6-3-7-13-19/h2-15,21-22H,1H3/t21-,22-/m0/s1. The van der Waals surface area contributed by atoms with Crippen LogP contribution in [0.3, 0.4) is 0 Å². The number of rotatable bonds is 5. The van der Waals surface area contributed by atoms with E-state index in [1.165, 1.54) is 17.4 Å². The van der Waals surface area contributed by atoms with Crippen molar-refractivity contribution in [3.63, 3.8) is 0 Å². The van der Waals surface area contributed by atoms with Gasteiger partial charge in [0.1, 0.15) is 22.9 Å². The molecule has 0 amide bonds. The van der Waals surface area contributed by atoms with E-state index in [4.69, 9.17) is 10.1 Å². The van der Waals surface area contributed by atoms with Gasteiger partial charge in [-0.2, -0.15) is 5.10 Å². The molecule has 2 aliphatic rings. The van der Waals surface area contributed by atoms with Crippen molar-refractivity contribution in [3.05, 3.63) is 111 Å². The first-order chi connectivity index (χ1) is 17.1. The van der Waals surface area contributed by atoms with Crippen LogP contribution in [0.15, 0.2) is 95.0 Å². The van der Waals surface area contributed by atoms with Crippen LogP contribution in [0.1, 0.15) is 22.2 Å². The van der Waals surface area contributed by atoms with E-state index in [1.54, 1.807) is 12.1 Å². The van der Waals surface area contributed by atoms with Gasteiger partial charge in [-0.25, -0.2) is 0 Å². The minimum Gasteiger partial charge on any atom is -0.258 e. The first-order valence-electron chi connectivity index (χ1n) is 11.0. The number of anilines is 2. The number of hydrogen-bond donors (Lipinski definition) is 0. The number of benzene rings is 3. The summed E-state index contributed by atoms with van der Waals surface area (Å²) in [6.07, 6.45) is 0. The third kappa shape index (κ3) is 3.64. The summed E-state index contributed by atoms with van der Waals surface area (Å²) in [6.45, 7) is 1.91. The zero-order valence-electron chi connectivity index (χ0n) is 18.6. The maximum Gasteiger partial charge on any atom is 0.269 e. The van der Waals surface area contributed by atoms with Crippen LogP contribution >= 0.6 is 11.3 Å². The molecule has 0 aliphatic carbocycles. The fourth-order valence-electron chi connectivity index (χ4n) is 4.41. The van der Waals surface area contributed by atoms with Gasteiger partial charge in [0, 0.05) is 17.7 Å². The minimum atomic E-state index is -0.392. The molecular weight excluding hydrogens is 462 g/mol. The quantitative estimate of drug-likeness (QED) is 0.295. The molecule has 0 saturated carbocycles. The maximum absolute atomic E-state index is 11.5. The first kappa shape index (κ1) is 21.1. The number of aromatic nitrogens is 2. The topological polar surface area (TPSA) is 100 Å². The second-order valence-electron chi connectivity index (χ2n) is 8.14. The van der Waals surface area contributed by atoms with Gasteiger partial charge in [0.15, 0.2) is 5.84 Å². The summed E-state index contributed by atoms with van der Waals surface area (Å²) in [5.74, 6) is 1.44. The first-order valence-corrected chi connectivity index (χ1v) is 11.8. The van der Waals surface area contributed by atoms with E-state index >= 15 is 0 Å². The molecule has 1 aromatic heterocycles. The van der Waals surface area contributed by atoms with E-state index in [2.05, 4.69) is 10.2 Å². The summed E-state index contributed by atoms with van der Waals surface area (Å²) in [7, 11) is 0. The third-order valence-corrected chi connectivity index (χ3v) is 6.75. The predicted molar refractivity (Wildman–Crippen MR) is 136 cm³/mol. The number of fused-ring (bicyclic) bond motifs is 1. The number of nitrogens with zero attached hydrogens (tertiary/aromatic N) is 7. The molecule has 2 atom stereocenters. The number of non-ortho nitro benzene ring substituents is 1. The van der Waals surface area contributed by atoms with Crippen molar-refractivity contribution in [1.82, 2.24) is 10.2 Å². The molecule has 0 unspecified atom stereocenters. The highest BCUT2D eigenvalue weighted by molar-refractivity contribution is 7.15. The highest BCUT2D eigenvalue weighted by atomic mass is 32.1. The summed E-state index contributed by atoms with van der Waals surface area (Å²) in [4.78, 5) is 18.3. The molecule has 3 aromatic carbocycles. The van der Waals surface area contributed by atoms with Crippen LogP contribution in [0, 0.1) is 17.0 Å². The van der Waals surface area contributed by atoms with Gasteiger partial charge in [-0.15, -0.1) is 10.2 Å². The number of nitro groups is 1. The fourth-order valence-corrected chi connectivity index (χ4v) is 5.11. The number of aryl methyl sites for hydroxylation is 1. The van der Waals surface area contributed by atoms with E-state index < -0.39 is 6.04 Å². The molecular formula is C25H19N7O2S. The second-order valence-corrected chi connectivity index (χ2v) is 9.30. The molecule has 6 rings (SSSR count). The summed E-state index contributed by atoms with van der Waals surface area (Å²) >= 11 is 1.47. The van der Waals surface area contributed by atoms with E-state index in [1.807, 2.05) is 83.6 Å². The minimum absolute atomic E-state index is 0.0332. The molecule has 0 spiro atoms. The fraction of sp³-hybridized carbons (Fsp3) is 0.120. The molecule has 2 aliphatic heterocycles. The van der Waals surface area contributed by atoms with E-state index in [0.29, 0.717) is 11.0 Å². The summed E-state index contributed by atoms with van der Waals surface area (Å²) in [6, 6.07) is 25.6. The zero-order chi connectivity index (χ0) is 23.9. The van der Waals surface area contributed by atoms with Crippen molar-refractivity contribution >= 4 is 39.5 Å². The van der Waals surface area contributed by atoms with Crippen LogP contribution in [0.25, 0.3) is 0 Å². The zero-order valence-corrected chi connectivity index (χ0v) is 19.4. The summed E-state index contributed by atoms with van der Waals surface area (Å²) < 4.78 is 0. The van der Waals surface area contributed by atoms with Crippen molar-refractivity contribution in [1.29, 1.82) is 0 Å². The van der Waals surface area contributed by atoms with Crippen molar-refractivity contribution in [2.24, 2.45) is 10.1 Å². The number of amidine groups is 2. The molecule has 0 radical (unpaired) electrons. The Hall–Kier alpha value is -4.44. The van der Waals surface area contributed by atoms with Gasteiger partial charge >= 0.3 is 0 Å². The Bertz CT molecular complexity index is 1470. The molecule has 0 N–H and O–H groups in total. The van der Waals surface area contributed by atoms with Gasteiger partial charge in [-0.1, -0.05) is 72.0 Å². The molecule has 0 saturated heterocycles. The van der Waals surface area contributed by atoms with Crippen molar-refractivity contribution in [3.8, 4) is 0 Å². The van der Waals surface area contributed by atoms with Crippen molar-refractivity contribution < 1.29 is 4.92 Å². The normalized spacial score (nSPS) is 18.9. The Labute approximate surface area is 204 Å². The lowest BCUT2D eigenvalue weighted by Crippen LogP contribution is -2.35. The van der Waals surface area contributed by atoms with E-state index in [0.717, 1.165) is 27.7 Å². The molecule has 3 heterocycles. The Morgan fingerprint density at radius 3 is 2.37 bits per heavy atom. The number of para-hydroxylation sites is 1. The van der Waals surface area contributed by atoms with Crippen LogP contribution in [0.4, 0.5) is 16.5 Å². The van der Waals surface area contributed by atoms with Crippen LogP contribution in [-0.2, 0) is 0 Å². The molecule has 9 nitrogen and oxygen atoms in total. The van der Waals surface area contributed by atoms with Gasteiger partial charge in [0.2, 0.25) is 5.13 Å². The molecule has 0 bridgehead atoms. The highest BCUT2D eigenvalue weighted by Crippen LogP contribution is 2.43. The van der Waals surface area contributed by atoms with Gasteiger partial charge in [-0.3, -0.25) is 25.0 Å². The lowest BCUT2D eigenvalue weighted by atomic mass is 9.98. The molecule has 4 aromatic rings. The lowest BCUT2D eigenvalue weighted by Gasteiger charge is -2.26. The maximum atomic E-state index is 11.5. The Morgan fingerprint density at radius 2 is 1.69 bits per heavy atom. The molecule has 0 fully saturated rings. The monoisotopic (exact) mass is 481 g/mol. The van der Waals surface area contributed by atoms with Crippen LogP contribution in [0.2, 0.25) is 0 Å². The number of aliphatic imine (C=N–C) groups is 1. The highest BCUT2D eigenvalue weighted by Gasteiger charge is 2.48. The average Bonchev–Trinajstić information content (AvgIpc) is 3.58. The predicted octanol–water partition coefficient (Wildman–Crippen LogP) is 4.97. The lowest BCUT2D eigenvalue weighted by molar-refractivity contribution is -0.384. The van der Waals surface area contributed by atoms with Gasteiger partial charge in [0.05, 0.1) is 10.6 Å². The van der Waals surface area contributed by atoms with Crippen LogP contribution in [0.5, 0.6) is 0 Å². The SMILES string of the molecule is Cc1nnc(N2C(c3ccccc3)=N[C@@H]3C2=NN(c2ccccc2)[C@H]3c2cccc([N+](=O)[O-])c2)s1. The van der Waals surface area contributed by atoms with E-state index in [-0.39, 0.29) is 16.7 Å². The number of hydrogen-bond acceptors (Lipinski definition) is 9. The molecule has 10 heteroatoms. The Kier molecular flexibility index (Phi) is 5.07. The smallest absolute Gasteiger partial charge is 0.258 e. The Balaban J connectivity index is 1.53. The largest absolute Gasteiger partial charge is 0.269 e. The van der Waals surface area contributed by atoms with Gasteiger partial charge in [-0.05, 0) is 24.6 Å². The van der Waals surface area contributed by atoms with E-state index in [9.17, 15) is 10.1 Å². The van der Waals surface area contributed by atoms with Crippen LogP contribution < -0.4 is 9.91 Å². The Morgan fingerprint density at radius 1 is 0.943 bits per heavy atom. The summed E-state index contributed by atoms with van der Waals surface area (Å²) in [5.41, 5.74) is 2.60.